The van der Waals surface area contributed by atoms with Gasteiger partial charge in [-0.05, 0) is 45.1 Å². The molecule has 0 radical (unpaired) electrons. The van der Waals surface area contributed by atoms with Crippen molar-refractivity contribution in [3.05, 3.63) is 12.7 Å². The summed E-state index contributed by atoms with van der Waals surface area (Å²) in [6.45, 7) is 5.71. The van der Waals surface area contributed by atoms with Crippen LogP contribution in [0.1, 0.15) is 44.9 Å². The van der Waals surface area contributed by atoms with Crippen molar-refractivity contribution in [1.29, 1.82) is 0 Å². The van der Waals surface area contributed by atoms with Gasteiger partial charge in [0, 0.05) is 19.3 Å². The van der Waals surface area contributed by atoms with Crippen LogP contribution in [0.15, 0.2) is 12.7 Å². The van der Waals surface area contributed by atoms with Crippen LogP contribution in [0, 0.1) is 5.92 Å². The molecule has 0 aromatic heterocycles. The van der Waals surface area contributed by atoms with Gasteiger partial charge in [0.15, 0.2) is 0 Å². The van der Waals surface area contributed by atoms with Crippen molar-refractivity contribution in [3.63, 3.8) is 0 Å². The summed E-state index contributed by atoms with van der Waals surface area (Å²) in [4.78, 5) is 0. The molecular weight excluding hydrogens is 198 g/mol. The van der Waals surface area contributed by atoms with E-state index in [1.807, 2.05) is 6.08 Å². The van der Waals surface area contributed by atoms with E-state index in [1.165, 1.54) is 44.9 Å². The molecule has 2 atom stereocenters. The summed E-state index contributed by atoms with van der Waals surface area (Å²) in [6.07, 6.45) is 11.0. The molecule has 1 fully saturated rings. The van der Waals surface area contributed by atoms with Gasteiger partial charge in [-0.25, -0.2) is 0 Å². The molecule has 2 unspecified atom stereocenters. The van der Waals surface area contributed by atoms with Crippen molar-refractivity contribution in [1.82, 2.24) is 5.32 Å². The van der Waals surface area contributed by atoms with Gasteiger partial charge in [0.05, 0.1) is 0 Å². The molecule has 94 valence electrons. The number of unbranched alkanes of at least 4 members (excludes halogenated alkanes) is 3. The van der Waals surface area contributed by atoms with Crippen molar-refractivity contribution < 1.29 is 4.74 Å². The topological polar surface area (TPSA) is 21.3 Å². The second-order valence-corrected chi connectivity index (χ2v) is 4.88. The predicted octanol–water partition coefficient (Wildman–Crippen LogP) is 3.14. The van der Waals surface area contributed by atoms with Gasteiger partial charge >= 0.3 is 0 Å². The van der Waals surface area contributed by atoms with Crippen molar-refractivity contribution in [2.24, 2.45) is 5.92 Å². The first-order valence-electron chi connectivity index (χ1n) is 6.72. The van der Waals surface area contributed by atoms with Crippen LogP contribution >= 0.6 is 0 Å². The van der Waals surface area contributed by atoms with Gasteiger partial charge in [-0.1, -0.05) is 18.9 Å². The molecule has 1 saturated heterocycles. The molecule has 0 bridgehead atoms. The lowest BCUT2D eigenvalue weighted by Crippen LogP contribution is -2.28. The van der Waals surface area contributed by atoms with Crippen LogP contribution in [0.2, 0.25) is 0 Å². The van der Waals surface area contributed by atoms with Crippen LogP contribution < -0.4 is 5.32 Å². The summed E-state index contributed by atoms with van der Waals surface area (Å²) in [5.74, 6) is 0.797. The van der Waals surface area contributed by atoms with E-state index in [1.54, 1.807) is 0 Å². The van der Waals surface area contributed by atoms with Gasteiger partial charge in [0.25, 0.3) is 0 Å². The molecule has 1 aliphatic rings. The van der Waals surface area contributed by atoms with Crippen LogP contribution in [0.25, 0.3) is 0 Å². The summed E-state index contributed by atoms with van der Waals surface area (Å²) in [5.41, 5.74) is 0. The van der Waals surface area contributed by atoms with Crippen molar-refractivity contribution in [2.75, 3.05) is 20.3 Å². The first kappa shape index (κ1) is 13.7. The van der Waals surface area contributed by atoms with Crippen molar-refractivity contribution in [2.45, 2.75) is 51.0 Å². The molecule has 2 heteroatoms. The van der Waals surface area contributed by atoms with Crippen LogP contribution in [0.3, 0.4) is 0 Å². The van der Waals surface area contributed by atoms with Crippen LogP contribution in [0.4, 0.5) is 0 Å². The Kier molecular flexibility index (Phi) is 7.52. The minimum absolute atomic E-state index is 0.690. The minimum Gasteiger partial charge on any atom is -0.381 e. The van der Waals surface area contributed by atoms with Gasteiger partial charge in [0.1, 0.15) is 0 Å². The van der Waals surface area contributed by atoms with Crippen molar-refractivity contribution in [3.8, 4) is 0 Å². The number of allylic oxidation sites excluding steroid dienone is 1. The van der Waals surface area contributed by atoms with E-state index in [-0.39, 0.29) is 0 Å². The van der Waals surface area contributed by atoms with Gasteiger partial charge < -0.3 is 10.1 Å². The summed E-state index contributed by atoms with van der Waals surface area (Å²) >= 11 is 0. The third-order valence-electron chi connectivity index (χ3n) is 3.51. The molecule has 0 amide bonds. The Morgan fingerprint density at radius 1 is 1.44 bits per heavy atom. The molecule has 1 N–H and O–H groups in total. The van der Waals surface area contributed by atoms with Gasteiger partial charge in [0.2, 0.25) is 0 Å². The average Bonchev–Trinajstić information content (AvgIpc) is 2.80. The first-order valence-corrected chi connectivity index (χ1v) is 6.72. The fourth-order valence-corrected chi connectivity index (χ4v) is 2.41. The summed E-state index contributed by atoms with van der Waals surface area (Å²) in [5, 5.41) is 3.44. The highest BCUT2D eigenvalue weighted by Crippen LogP contribution is 2.20. The highest BCUT2D eigenvalue weighted by molar-refractivity contribution is 4.73. The zero-order valence-corrected chi connectivity index (χ0v) is 10.7. The number of ether oxygens (including phenoxy) is 1. The minimum atomic E-state index is 0.690. The number of nitrogens with one attached hydrogen (secondary N) is 1. The standard InChI is InChI=1S/C14H27NO/c1-3-4-5-6-7-8-14(15-2)11-13-9-10-16-12-13/h3,13-15H,1,4-12H2,2H3. The van der Waals surface area contributed by atoms with E-state index in [4.69, 9.17) is 4.74 Å². The average molecular weight is 225 g/mol. The van der Waals surface area contributed by atoms with E-state index >= 15 is 0 Å². The van der Waals surface area contributed by atoms with E-state index in [0.717, 1.165) is 19.1 Å². The molecule has 0 aliphatic carbocycles. The highest BCUT2D eigenvalue weighted by Gasteiger charge is 2.19. The number of hydrogen-bond acceptors (Lipinski definition) is 2. The Balaban J connectivity index is 2.03. The van der Waals surface area contributed by atoms with Gasteiger partial charge in [-0.2, -0.15) is 0 Å². The quantitative estimate of drug-likeness (QED) is 0.481. The first-order chi connectivity index (χ1) is 7.86. The van der Waals surface area contributed by atoms with Crippen molar-refractivity contribution >= 4 is 0 Å². The van der Waals surface area contributed by atoms with Crippen LogP contribution in [-0.2, 0) is 4.74 Å². The van der Waals surface area contributed by atoms with E-state index in [9.17, 15) is 0 Å². The van der Waals surface area contributed by atoms with Gasteiger partial charge in [-0.3, -0.25) is 0 Å². The lowest BCUT2D eigenvalue weighted by atomic mass is 9.95. The monoisotopic (exact) mass is 225 g/mol. The summed E-state index contributed by atoms with van der Waals surface area (Å²) in [6, 6.07) is 0.690. The Morgan fingerprint density at radius 2 is 2.31 bits per heavy atom. The maximum absolute atomic E-state index is 5.42. The van der Waals surface area contributed by atoms with E-state index in [0.29, 0.717) is 6.04 Å². The zero-order valence-electron chi connectivity index (χ0n) is 10.7. The molecule has 0 spiro atoms. The Morgan fingerprint density at radius 3 is 2.94 bits per heavy atom. The third-order valence-corrected chi connectivity index (χ3v) is 3.51. The summed E-state index contributed by atoms with van der Waals surface area (Å²) in [7, 11) is 2.09. The third kappa shape index (κ3) is 5.66. The maximum Gasteiger partial charge on any atom is 0.0495 e. The number of hydrogen-bond donors (Lipinski definition) is 1. The molecule has 16 heavy (non-hydrogen) atoms. The molecule has 0 saturated carbocycles. The zero-order chi connectivity index (χ0) is 11.6. The second-order valence-electron chi connectivity index (χ2n) is 4.88. The molecule has 0 aromatic rings. The normalized spacial score (nSPS) is 22.2. The Labute approximate surface area is 100 Å². The van der Waals surface area contributed by atoms with Gasteiger partial charge in [-0.15, -0.1) is 6.58 Å². The lowest BCUT2D eigenvalue weighted by molar-refractivity contribution is 0.181. The molecular formula is C14H27NO. The Hall–Kier alpha value is -0.340. The predicted molar refractivity (Wildman–Crippen MR) is 69.7 cm³/mol. The molecule has 1 rings (SSSR count). The highest BCUT2D eigenvalue weighted by atomic mass is 16.5. The van der Waals surface area contributed by atoms with Crippen LogP contribution in [0.5, 0.6) is 0 Å². The SMILES string of the molecule is C=CCCCCCC(CC1CCOC1)NC. The second kappa shape index (κ2) is 8.77. The number of rotatable bonds is 9. The molecule has 2 nitrogen and oxygen atoms in total. The largest absolute Gasteiger partial charge is 0.381 e. The molecule has 1 heterocycles. The summed E-state index contributed by atoms with van der Waals surface area (Å²) < 4.78 is 5.42. The smallest absolute Gasteiger partial charge is 0.0495 e. The van der Waals surface area contributed by atoms with E-state index < -0.39 is 0 Å². The molecule has 1 aliphatic heterocycles. The molecule has 0 aromatic carbocycles. The van der Waals surface area contributed by atoms with E-state index in [2.05, 4.69) is 18.9 Å². The fraction of sp³-hybridized carbons (Fsp3) is 0.857. The Bertz CT molecular complexity index is 176. The fourth-order valence-electron chi connectivity index (χ4n) is 2.41. The maximum atomic E-state index is 5.42. The van der Waals surface area contributed by atoms with Crippen LogP contribution in [-0.4, -0.2) is 26.3 Å². The lowest BCUT2D eigenvalue weighted by Gasteiger charge is -2.19.